The minimum Gasteiger partial charge on any atom is -0.396 e. The van der Waals surface area contributed by atoms with E-state index in [1.54, 1.807) is 10.6 Å². The fraction of sp³-hybridized carbons (Fsp3) is 0.389. The summed E-state index contributed by atoms with van der Waals surface area (Å²) in [5.41, 5.74) is 7.26. The minimum atomic E-state index is -3.54. The van der Waals surface area contributed by atoms with Gasteiger partial charge in [-0.2, -0.15) is 0 Å². The summed E-state index contributed by atoms with van der Waals surface area (Å²) >= 11 is 5.93. The molecule has 9 nitrogen and oxygen atoms in total. The van der Waals surface area contributed by atoms with Gasteiger partial charge in [-0.15, -0.1) is 0 Å². The molecule has 4 rings (SSSR count). The number of aliphatic hydroxyl groups excluding tert-OH is 1. The van der Waals surface area contributed by atoms with Crippen LogP contribution in [0.15, 0.2) is 30.9 Å². The highest BCUT2D eigenvalue weighted by Gasteiger charge is 2.37. The number of fused-ring (bicyclic) bond motifs is 1. The van der Waals surface area contributed by atoms with Gasteiger partial charge in [0.25, 0.3) is 0 Å². The lowest BCUT2D eigenvalue weighted by atomic mass is 10.1. The first-order valence-corrected chi connectivity index (χ1v) is 11.4. The van der Waals surface area contributed by atoms with Crippen LogP contribution in [0.2, 0.25) is 5.02 Å². The van der Waals surface area contributed by atoms with Gasteiger partial charge < -0.3 is 24.5 Å². The Hall–Kier alpha value is -2.10. The van der Waals surface area contributed by atoms with E-state index in [0.29, 0.717) is 23.1 Å². The van der Waals surface area contributed by atoms with Crippen molar-refractivity contribution in [1.82, 2.24) is 19.5 Å². The molecule has 1 saturated heterocycles. The summed E-state index contributed by atoms with van der Waals surface area (Å²) in [4.78, 5) is 12.3. The van der Waals surface area contributed by atoms with Crippen LogP contribution in [0.3, 0.4) is 0 Å². The molecule has 1 aromatic carbocycles. The number of nitrogens with zero attached hydrogens (tertiary/aromatic N) is 4. The zero-order valence-electron chi connectivity index (χ0n) is 15.8. The molecule has 0 amide bonds. The highest BCUT2D eigenvalue weighted by atomic mass is 35.5. The highest BCUT2D eigenvalue weighted by Crippen LogP contribution is 2.57. The molecule has 2 unspecified atom stereocenters. The second kappa shape index (κ2) is 8.56. The van der Waals surface area contributed by atoms with E-state index < -0.39 is 25.4 Å². The van der Waals surface area contributed by atoms with Crippen molar-refractivity contribution >= 4 is 36.2 Å². The SMILES string of the molecule is Nc1ncnc2c1ncn2CC(CO)CP1(=O)OCC[C@@H](c2cc(F)cc(Cl)c2)O1. The lowest BCUT2D eigenvalue weighted by molar-refractivity contribution is 0.0768. The monoisotopic (exact) mass is 455 g/mol. The van der Waals surface area contributed by atoms with Crippen LogP contribution in [0, 0.1) is 11.7 Å². The first-order chi connectivity index (χ1) is 14.4. The number of rotatable bonds is 6. The van der Waals surface area contributed by atoms with Gasteiger partial charge in [-0.3, -0.25) is 4.57 Å². The molecule has 0 aliphatic carbocycles. The number of hydrogen-bond acceptors (Lipinski definition) is 8. The van der Waals surface area contributed by atoms with E-state index >= 15 is 0 Å². The van der Waals surface area contributed by atoms with Crippen molar-refractivity contribution in [3.05, 3.63) is 47.3 Å². The van der Waals surface area contributed by atoms with Crippen molar-refractivity contribution < 1.29 is 23.1 Å². The normalized spacial score (nSPS) is 23.0. The summed E-state index contributed by atoms with van der Waals surface area (Å²) in [6.45, 7) is 0.204. The zero-order valence-corrected chi connectivity index (χ0v) is 17.5. The van der Waals surface area contributed by atoms with Gasteiger partial charge in [-0.1, -0.05) is 11.6 Å². The third-order valence-electron chi connectivity index (χ3n) is 4.84. The summed E-state index contributed by atoms with van der Waals surface area (Å²) in [5, 5.41) is 10.1. The topological polar surface area (TPSA) is 125 Å². The van der Waals surface area contributed by atoms with Gasteiger partial charge in [0.1, 0.15) is 17.7 Å². The Morgan fingerprint density at radius 3 is 2.97 bits per heavy atom. The van der Waals surface area contributed by atoms with Gasteiger partial charge in [0.05, 0.1) is 25.2 Å². The molecule has 1 fully saturated rings. The molecular formula is C18H20ClFN5O4P. The number of aliphatic hydroxyl groups is 1. The second-order valence-electron chi connectivity index (χ2n) is 7.09. The van der Waals surface area contributed by atoms with Crippen molar-refractivity contribution in [2.45, 2.75) is 19.1 Å². The van der Waals surface area contributed by atoms with Gasteiger partial charge in [0.2, 0.25) is 0 Å². The lowest BCUT2D eigenvalue weighted by Gasteiger charge is -2.32. The molecule has 3 aromatic rings. The van der Waals surface area contributed by atoms with Crippen LogP contribution >= 0.6 is 19.2 Å². The summed E-state index contributed by atoms with van der Waals surface area (Å²) in [7, 11) is -3.54. The second-order valence-corrected chi connectivity index (χ2v) is 9.58. The maximum atomic E-state index is 13.7. The summed E-state index contributed by atoms with van der Waals surface area (Å²) < 4.78 is 39.9. The highest BCUT2D eigenvalue weighted by molar-refractivity contribution is 7.53. The third kappa shape index (κ3) is 4.48. The Morgan fingerprint density at radius 1 is 1.37 bits per heavy atom. The molecule has 3 heterocycles. The van der Waals surface area contributed by atoms with Crippen LogP contribution in [0.4, 0.5) is 10.2 Å². The van der Waals surface area contributed by atoms with Gasteiger partial charge in [0.15, 0.2) is 11.5 Å². The molecular weight excluding hydrogens is 436 g/mol. The number of nitrogens with two attached hydrogens (primary N) is 1. The number of imidazole rings is 1. The average molecular weight is 456 g/mol. The Bertz CT molecular complexity index is 1090. The molecule has 3 atom stereocenters. The van der Waals surface area contributed by atoms with Crippen molar-refractivity contribution in [3.63, 3.8) is 0 Å². The molecule has 160 valence electrons. The lowest BCUT2D eigenvalue weighted by Crippen LogP contribution is -2.23. The molecule has 2 aromatic heterocycles. The zero-order chi connectivity index (χ0) is 21.3. The largest absolute Gasteiger partial charge is 0.396 e. The van der Waals surface area contributed by atoms with E-state index in [2.05, 4.69) is 15.0 Å². The maximum absolute atomic E-state index is 13.7. The summed E-state index contributed by atoms with van der Waals surface area (Å²) in [5.74, 6) is -0.703. The van der Waals surface area contributed by atoms with E-state index in [1.165, 1.54) is 24.8 Å². The number of hydrogen-bond donors (Lipinski definition) is 2. The van der Waals surface area contributed by atoms with Crippen LogP contribution < -0.4 is 5.73 Å². The first-order valence-electron chi connectivity index (χ1n) is 9.27. The number of aromatic nitrogens is 4. The fourth-order valence-electron chi connectivity index (χ4n) is 3.46. The molecule has 1 aliphatic rings. The number of benzene rings is 1. The van der Waals surface area contributed by atoms with E-state index in [1.807, 2.05) is 0 Å². The Kier molecular flexibility index (Phi) is 6.04. The van der Waals surface area contributed by atoms with E-state index in [4.69, 9.17) is 26.4 Å². The average Bonchev–Trinajstić information content (AvgIpc) is 3.11. The Balaban J connectivity index is 1.50. The number of halogens is 2. The third-order valence-corrected chi connectivity index (χ3v) is 7.17. The molecule has 0 saturated carbocycles. The van der Waals surface area contributed by atoms with Crippen LogP contribution in [0.5, 0.6) is 0 Å². The van der Waals surface area contributed by atoms with Crippen LogP contribution in [0.1, 0.15) is 18.1 Å². The number of nitrogen functional groups attached to an aromatic ring is 1. The van der Waals surface area contributed by atoms with E-state index in [9.17, 15) is 14.1 Å². The molecule has 0 spiro atoms. The van der Waals surface area contributed by atoms with E-state index in [0.717, 1.165) is 0 Å². The molecule has 30 heavy (non-hydrogen) atoms. The van der Waals surface area contributed by atoms with Crippen molar-refractivity contribution in [1.29, 1.82) is 0 Å². The van der Waals surface area contributed by atoms with Gasteiger partial charge in [0, 0.05) is 30.5 Å². The van der Waals surface area contributed by atoms with Crippen molar-refractivity contribution in [2.75, 3.05) is 25.1 Å². The van der Waals surface area contributed by atoms with Crippen LogP contribution in [-0.2, 0) is 20.2 Å². The predicted molar refractivity (Wildman–Crippen MR) is 109 cm³/mol. The fourth-order valence-corrected chi connectivity index (χ4v) is 5.80. The van der Waals surface area contributed by atoms with Crippen LogP contribution in [-0.4, -0.2) is 44.0 Å². The first kappa shape index (κ1) is 21.1. The molecule has 12 heteroatoms. The molecule has 0 bridgehead atoms. The number of anilines is 1. The Labute approximate surface area is 176 Å². The van der Waals surface area contributed by atoms with E-state index in [-0.39, 0.29) is 36.8 Å². The smallest absolute Gasteiger partial charge is 0.331 e. The van der Waals surface area contributed by atoms with Crippen LogP contribution in [0.25, 0.3) is 11.2 Å². The summed E-state index contributed by atoms with van der Waals surface area (Å²) in [6.07, 6.45) is 2.64. The Morgan fingerprint density at radius 2 is 2.20 bits per heavy atom. The van der Waals surface area contributed by atoms with Gasteiger partial charge in [-0.05, 0) is 23.8 Å². The standard InChI is InChI=1S/C18H20ClFN5O4P/c19-13-3-12(4-14(20)5-13)15-1-2-28-30(27,29-15)8-11(7-26)6-25-10-24-16-17(21)22-9-23-18(16)25/h3-5,9-11,15,26H,1-2,6-8H2,(H2,21,22,23)/t11?,15-,30?/m0/s1. The van der Waals surface area contributed by atoms with Crippen molar-refractivity contribution in [2.24, 2.45) is 5.92 Å². The molecule has 3 N–H and O–H groups in total. The quantitative estimate of drug-likeness (QED) is 0.543. The van der Waals surface area contributed by atoms with Crippen molar-refractivity contribution in [3.8, 4) is 0 Å². The van der Waals surface area contributed by atoms with Gasteiger partial charge >= 0.3 is 7.60 Å². The molecule has 0 radical (unpaired) electrons. The molecule has 1 aliphatic heterocycles. The summed E-state index contributed by atoms with van der Waals surface area (Å²) in [6, 6.07) is 4.07. The minimum absolute atomic E-state index is 0.0245. The predicted octanol–water partition coefficient (Wildman–Crippen LogP) is 3.18. The maximum Gasteiger partial charge on any atom is 0.331 e. The van der Waals surface area contributed by atoms with Gasteiger partial charge in [-0.25, -0.2) is 19.3 Å².